The fraction of sp³-hybridized carbons (Fsp3) is 0.645. The van der Waals surface area contributed by atoms with E-state index < -0.39 is 6.10 Å². The summed E-state index contributed by atoms with van der Waals surface area (Å²) in [4.78, 5) is 35.9. The number of amides is 2. The minimum atomic E-state index is -0.433. The first-order valence-corrected chi connectivity index (χ1v) is 21.5. The van der Waals surface area contributed by atoms with Crippen LogP contribution in [0.5, 0.6) is 5.75 Å². The lowest BCUT2D eigenvalue weighted by Crippen LogP contribution is -2.60. The van der Waals surface area contributed by atoms with Gasteiger partial charge in [-0.3, -0.25) is 14.4 Å². The standard InChI is InChI=1S/C31H48BN3O9S5/c1-21(37)46-20-27(47-45-5)44-28-24(17-36)43-29(28)32-10-7-12-34-25(38)18-40-14-15-41-26(48-49-31(2,3)4)19-42-23-9-6-8-22(16-23)30(39)35-13-11-33/h6,8-9,16,24,26-29,32,36H,11-15,17-20,33H2,1-5H3,(H,34,38)(H,35,39)/t24?,26?,27-,28?,29?/m1/s1. The van der Waals surface area contributed by atoms with Crippen LogP contribution in [0, 0.1) is 11.7 Å². The van der Waals surface area contributed by atoms with E-state index in [9.17, 15) is 19.5 Å². The van der Waals surface area contributed by atoms with E-state index in [1.165, 1.54) is 29.5 Å². The Morgan fingerprint density at radius 3 is 2.65 bits per heavy atom. The molecule has 1 aliphatic rings. The average molecular weight is 778 g/mol. The van der Waals surface area contributed by atoms with E-state index in [-0.39, 0.29) is 84.2 Å². The predicted octanol–water partition coefficient (Wildman–Crippen LogP) is 2.53. The number of rotatable bonds is 23. The predicted molar refractivity (Wildman–Crippen MR) is 205 cm³/mol. The summed E-state index contributed by atoms with van der Waals surface area (Å²) in [6.07, 6.45) is 1.18. The van der Waals surface area contributed by atoms with E-state index in [0.717, 1.165) is 0 Å². The molecule has 0 bridgehead atoms. The van der Waals surface area contributed by atoms with E-state index in [4.69, 9.17) is 29.4 Å². The molecule has 0 radical (unpaired) electrons. The third-order valence-corrected chi connectivity index (χ3v) is 12.6. The van der Waals surface area contributed by atoms with Gasteiger partial charge in [-0.25, -0.2) is 0 Å². The highest BCUT2D eigenvalue weighted by atomic mass is 33.1. The molecule has 0 spiro atoms. The summed E-state index contributed by atoms with van der Waals surface area (Å²) in [5.74, 6) is 6.45. The van der Waals surface area contributed by atoms with E-state index in [2.05, 4.69) is 43.1 Å². The Labute approximate surface area is 310 Å². The summed E-state index contributed by atoms with van der Waals surface area (Å²) in [6, 6.07) is 6.62. The monoisotopic (exact) mass is 777 g/mol. The normalized spacial score (nSPS) is 18.3. The van der Waals surface area contributed by atoms with Gasteiger partial charge in [0.05, 0.1) is 32.4 Å². The van der Waals surface area contributed by atoms with E-state index in [0.29, 0.717) is 37.4 Å². The lowest BCUT2D eigenvalue weighted by molar-refractivity contribution is -0.222. The number of hydrogen-bond donors (Lipinski definition) is 4. The van der Waals surface area contributed by atoms with Crippen LogP contribution in [-0.2, 0) is 28.5 Å². The number of carbonyl (C=O) groups excluding carboxylic acids is 3. The van der Waals surface area contributed by atoms with Crippen molar-refractivity contribution in [2.24, 2.45) is 5.73 Å². The number of benzene rings is 1. The molecule has 5 N–H and O–H groups in total. The Morgan fingerprint density at radius 1 is 1.16 bits per heavy atom. The highest BCUT2D eigenvalue weighted by molar-refractivity contribution is 8.77. The quantitative estimate of drug-likeness (QED) is 0.0421. The summed E-state index contributed by atoms with van der Waals surface area (Å²) in [7, 11) is 6.67. The molecular formula is C31H48BN3O9S5. The number of carbonyl (C=O) groups is 3. The highest BCUT2D eigenvalue weighted by Gasteiger charge is 2.44. The molecule has 274 valence electrons. The molecule has 49 heavy (non-hydrogen) atoms. The number of aliphatic hydroxyl groups excluding tert-OH is 1. The van der Waals surface area contributed by atoms with Gasteiger partial charge >= 0.3 is 0 Å². The fourth-order valence-electron chi connectivity index (χ4n) is 3.89. The average Bonchev–Trinajstić information content (AvgIpc) is 3.06. The van der Waals surface area contributed by atoms with Crippen molar-refractivity contribution in [3.63, 3.8) is 0 Å². The Kier molecular flexibility index (Phi) is 22.3. The van der Waals surface area contributed by atoms with Gasteiger partial charge in [0.15, 0.2) is 5.12 Å². The van der Waals surface area contributed by atoms with Crippen LogP contribution in [0.4, 0.5) is 0 Å². The van der Waals surface area contributed by atoms with Crippen molar-refractivity contribution < 1.29 is 43.2 Å². The van der Waals surface area contributed by atoms with Crippen LogP contribution in [0.2, 0.25) is 0 Å². The third kappa shape index (κ3) is 19.3. The Hall–Kier alpha value is -1.24. The molecule has 0 aliphatic carbocycles. The molecule has 1 aromatic carbocycles. The number of ether oxygens (including phenoxy) is 5. The van der Waals surface area contributed by atoms with Gasteiger partial charge in [-0.2, -0.15) is 5.82 Å². The van der Waals surface area contributed by atoms with Crippen LogP contribution in [0.25, 0.3) is 0 Å². The van der Waals surface area contributed by atoms with Gasteiger partial charge in [-0.15, -0.1) is 0 Å². The third-order valence-electron chi connectivity index (χ3n) is 6.08. The second-order valence-corrected chi connectivity index (χ2v) is 18.4. The number of hydrogen-bond acceptors (Lipinski definition) is 15. The maximum absolute atomic E-state index is 12.3. The van der Waals surface area contributed by atoms with Gasteiger partial charge in [0.25, 0.3) is 5.91 Å². The molecule has 1 aromatic rings. The van der Waals surface area contributed by atoms with Crippen molar-refractivity contribution in [3.05, 3.63) is 29.8 Å². The Balaban J connectivity index is 1.71. The first-order valence-electron chi connectivity index (χ1n) is 15.7. The molecule has 5 atom stereocenters. The smallest absolute Gasteiger partial charge is 0.251 e. The zero-order valence-electron chi connectivity index (χ0n) is 28.6. The molecule has 0 aromatic heterocycles. The highest BCUT2D eigenvalue weighted by Crippen LogP contribution is 2.38. The molecule has 1 heterocycles. The van der Waals surface area contributed by atoms with Gasteiger partial charge in [0.2, 0.25) is 13.2 Å². The second kappa shape index (κ2) is 24.9. The van der Waals surface area contributed by atoms with Gasteiger partial charge in [0, 0.05) is 36.1 Å². The van der Waals surface area contributed by atoms with Gasteiger partial charge in [-0.1, -0.05) is 87.7 Å². The second-order valence-electron chi connectivity index (χ2n) is 11.4. The molecule has 18 heteroatoms. The Morgan fingerprint density at radius 2 is 1.96 bits per heavy atom. The van der Waals surface area contributed by atoms with Crippen molar-refractivity contribution in [1.29, 1.82) is 0 Å². The minimum Gasteiger partial charge on any atom is -0.490 e. The first-order chi connectivity index (χ1) is 23.4. The van der Waals surface area contributed by atoms with E-state index >= 15 is 0 Å². The van der Waals surface area contributed by atoms with Crippen molar-refractivity contribution in [2.75, 3.05) is 64.7 Å². The van der Waals surface area contributed by atoms with Gasteiger partial charge in [0.1, 0.15) is 42.0 Å². The Bertz CT molecular complexity index is 1220. The fourth-order valence-corrected chi connectivity index (χ4v) is 8.62. The van der Waals surface area contributed by atoms with Crippen molar-refractivity contribution in [3.8, 4) is 17.5 Å². The number of nitrogens with one attached hydrogen (secondary N) is 2. The molecule has 1 fully saturated rings. The first kappa shape index (κ1) is 43.9. The van der Waals surface area contributed by atoms with Crippen LogP contribution in [0.1, 0.15) is 38.1 Å². The lowest BCUT2D eigenvalue weighted by Gasteiger charge is -2.44. The van der Waals surface area contributed by atoms with Crippen molar-refractivity contribution in [1.82, 2.24) is 10.6 Å². The molecule has 1 saturated heterocycles. The van der Waals surface area contributed by atoms with Crippen LogP contribution < -0.4 is 21.1 Å². The SMILES string of the molecule is CSS[C@H](CSC(C)=O)OC1C(BC#CCNC(=O)COCCOC(COc2cccc(C(=O)NCCN)c2)SSC(C)(C)C)OC1CO. The van der Waals surface area contributed by atoms with Crippen LogP contribution in [-0.4, -0.2) is 128 Å². The largest absolute Gasteiger partial charge is 0.490 e. The maximum atomic E-state index is 12.3. The van der Waals surface area contributed by atoms with Crippen LogP contribution in [0.3, 0.4) is 0 Å². The molecule has 1 aliphatic heterocycles. The van der Waals surface area contributed by atoms with Crippen molar-refractivity contribution in [2.45, 2.75) is 61.5 Å². The zero-order valence-corrected chi connectivity index (χ0v) is 32.7. The number of aliphatic hydroxyl groups is 1. The maximum Gasteiger partial charge on any atom is 0.251 e. The van der Waals surface area contributed by atoms with Crippen LogP contribution in [0.15, 0.2) is 24.3 Å². The number of thioether (sulfide) groups is 1. The zero-order chi connectivity index (χ0) is 36.1. The summed E-state index contributed by atoms with van der Waals surface area (Å²) in [6.45, 7) is 9.15. The molecule has 4 unspecified atom stereocenters. The summed E-state index contributed by atoms with van der Waals surface area (Å²) >= 11 is 1.20. The molecular weight excluding hydrogens is 730 g/mol. The van der Waals surface area contributed by atoms with Crippen LogP contribution >= 0.6 is 54.9 Å². The molecule has 0 saturated carbocycles. The van der Waals surface area contributed by atoms with E-state index in [1.54, 1.807) is 56.6 Å². The van der Waals surface area contributed by atoms with Crippen molar-refractivity contribution >= 4 is 79.1 Å². The van der Waals surface area contributed by atoms with Gasteiger partial charge < -0.3 is 45.2 Å². The summed E-state index contributed by atoms with van der Waals surface area (Å²) in [5, 5.41) is 15.1. The molecule has 12 nitrogen and oxygen atoms in total. The summed E-state index contributed by atoms with van der Waals surface area (Å²) in [5.41, 5.74) is 5.41. The van der Waals surface area contributed by atoms with E-state index in [1.807, 2.05) is 6.26 Å². The molecule has 2 rings (SSSR count). The summed E-state index contributed by atoms with van der Waals surface area (Å²) < 4.78 is 29.3. The lowest BCUT2D eigenvalue weighted by atomic mass is 9.66. The van der Waals surface area contributed by atoms with Gasteiger partial charge in [-0.05, 0) is 24.5 Å². The topological polar surface area (TPSA) is 168 Å². The molecule has 2 amide bonds. The number of nitrogens with two attached hydrogens (primary N) is 1. The minimum absolute atomic E-state index is 0.000719.